The van der Waals surface area contributed by atoms with Crippen molar-refractivity contribution in [2.75, 3.05) is 6.54 Å². The maximum Gasteiger partial charge on any atom is 0.237 e. The fourth-order valence-electron chi connectivity index (χ4n) is 1.53. The molecule has 5 heteroatoms. The first-order valence-electron chi connectivity index (χ1n) is 5.74. The quantitative estimate of drug-likeness (QED) is 0.717. The number of nitrogens with two attached hydrogens (primary N) is 1. The van der Waals surface area contributed by atoms with Crippen molar-refractivity contribution in [2.24, 2.45) is 11.7 Å². The Hall–Kier alpha value is -0.910. The number of rotatable bonds is 6. The number of thiophene rings is 1. The first-order chi connectivity index (χ1) is 8.00. The summed E-state index contributed by atoms with van der Waals surface area (Å²) >= 11 is 1.52. The summed E-state index contributed by atoms with van der Waals surface area (Å²) in [4.78, 5) is 11.6. The highest BCUT2D eigenvalue weighted by molar-refractivity contribution is 7.07. The molecule has 0 aromatic carbocycles. The van der Waals surface area contributed by atoms with Gasteiger partial charge in [-0.05, 0) is 34.7 Å². The number of carbonyl (C=O) groups is 1. The molecule has 17 heavy (non-hydrogen) atoms. The zero-order chi connectivity index (χ0) is 12.8. The molecule has 1 aromatic rings. The van der Waals surface area contributed by atoms with Crippen molar-refractivity contribution in [3.8, 4) is 0 Å². The average molecular weight is 256 g/mol. The maximum absolute atomic E-state index is 11.6. The van der Waals surface area contributed by atoms with E-state index in [9.17, 15) is 9.90 Å². The minimum atomic E-state index is -0.656. The van der Waals surface area contributed by atoms with Crippen LogP contribution in [0.2, 0.25) is 0 Å². The molecule has 1 heterocycles. The number of hydrogen-bond donors (Lipinski definition) is 3. The van der Waals surface area contributed by atoms with Crippen LogP contribution in [0.1, 0.15) is 31.9 Å². The van der Waals surface area contributed by atoms with Crippen LogP contribution < -0.4 is 11.1 Å². The first-order valence-corrected chi connectivity index (χ1v) is 6.68. The lowest BCUT2D eigenvalue weighted by Crippen LogP contribution is -2.42. The molecule has 96 valence electrons. The van der Waals surface area contributed by atoms with E-state index in [0.29, 0.717) is 12.3 Å². The summed E-state index contributed by atoms with van der Waals surface area (Å²) in [5, 5.41) is 16.2. The van der Waals surface area contributed by atoms with Gasteiger partial charge in [0.15, 0.2) is 0 Å². The Morgan fingerprint density at radius 3 is 2.82 bits per heavy atom. The average Bonchev–Trinajstić information content (AvgIpc) is 2.77. The lowest BCUT2D eigenvalue weighted by atomic mass is 10.0. The lowest BCUT2D eigenvalue weighted by Gasteiger charge is -2.16. The molecule has 4 nitrogen and oxygen atoms in total. The van der Waals surface area contributed by atoms with E-state index < -0.39 is 12.1 Å². The summed E-state index contributed by atoms with van der Waals surface area (Å²) < 4.78 is 0. The standard InChI is InChI=1S/C12H20N2O2S/c1-8(2)5-10(13)12(16)14-6-11(15)9-3-4-17-7-9/h3-4,7-8,10-11,15H,5-6,13H2,1-2H3,(H,14,16). The minimum absolute atomic E-state index is 0.201. The van der Waals surface area contributed by atoms with E-state index in [-0.39, 0.29) is 12.5 Å². The Bertz CT molecular complexity index is 338. The second kappa shape index (κ2) is 6.74. The van der Waals surface area contributed by atoms with Crippen molar-refractivity contribution in [1.82, 2.24) is 5.32 Å². The smallest absolute Gasteiger partial charge is 0.237 e. The van der Waals surface area contributed by atoms with Crippen LogP contribution in [0, 0.1) is 5.92 Å². The summed E-state index contributed by atoms with van der Waals surface area (Å²) in [6.45, 7) is 4.25. The SMILES string of the molecule is CC(C)CC(N)C(=O)NCC(O)c1ccsc1. The van der Waals surface area contributed by atoms with Gasteiger partial charge >= 0.3 is 0 Å². The molecule has 1 aromatic heterocycles. The summed E-state index contributed by atoms with van der Waals surface area (Å²) in [7, 11) is 0. The molecule has 0 bridgehead atoms. The molecule has 0 aliphatic heterocycles. The van der Waals surface area contributed by atoms with Crippen LogP contribution in [0.3, 0.4) is 0 Å². The van der Waals surface area contributed by atoms with E-state index in [0.717, 1.165) is 5.56 Å². The molecule has 1 amide bonds. The second-order valence-electron chi connectivity index (χ2n) is 4.55. The highest BCUT2D eigenvalue weighted by Crippen LogP contribution is 2.15. The normalized spacial score (nSPS) is 14.6. The van der Waals surface area contributed by atoms with Gasteiger partial charge in [0.1, 0.15) is 0 Å². The number of aliphatic hydroxyl groups is 1. The molecule has 0 saturated heterocycles. The van der Waals surface area contributed by atoms with Gasteiger partial charge in [-0.3, -0.25) is 4.79 Å². The zero-order valence-electron chi connectivity index (χ0n) is 10.2. The van der Waals surface area contributed by atoms with E-state index in [1.54, 1.807) is 0 Å². The maximum atomic E-state index is 11.6. The highest BCUT2D eigenvalue weighted by atomic mass is 32.1. The number of nitrogens with one attached hydrogen (secondary N) is 1. The molecule has 0 radical (unpaired) electrons. The van der Waals surface area contributed by atoms with E-state index in [2.05, 4.69) is 5.32 Å². The monoisotopic (exact) mass is 256 g/mol. The van der Waals surface area contributed by atoms with Crippen LogP contribution >= 0.6 is 11.3 Å². The number of hydrogen-bond acceptors (Lipinski definition) is 4. The molecule has 2 atom stereocenters. The molecule has 0 aliphatic rings. The van der Waals surface area contributed by atoms with Gasteiger partial charge in [-0.15, -0.1) is 0 Å². The Labute approximate surface area is 106 Å². The van der Waals surface area contributed by atoms with Gasteiger partial charge in [0.2, 0.25) is 5.91 Å². The summed E-state index contributed by atoms with van der Waals surface area (Å²) in [5.41, 5.74) is 6.56. The van der Waals surface area contributed by atoms with Crippen molar-refractivity contribution >= 4 is 17.2 Å². The largest absolute Gasteiger partial charge is 0.387 e. The Kier molecular flexibility index (Phi) is 5.61. The third kappa shape index (κ3) is 4.85. The second-order valence-corrected chi connectivity index (χ2v) is 5.33. The fourth-order valence-corrected chi connectivity index (χ4v) is 2.23. The summed E-state index contributed by atoms with van der Waals surface area (Å²) in [6, 6.07) is 1.35. The van der Waals surface area contributed by atoms with E-state index in [4.69, 9.17) is 5.73 Å². The molecule has 0 aliphatic carbocycles. The van der Waals surface area contributed by atoms with Crippen LogP contribution in [0.4, 0.5) is 0 Å². The van der Waals surface area contributed by atoms with E-state index in [1.165, 1.54) is 11.3 Å². The molecule has 0 spiro atoms. The van der Waals surface area contributed by atoms with Crippen molar-refractivity contribution in [3.63, 3.8) is 0 Å². The minimum Gasteiger partial charge on any atom is -0.387 e. The summed E-state index contributed by atoms with van der Waals surface area (Å²) in [5.74, 6) is 0.186. The van der Waals surface area contributed by atoms with Crippen molar-refractivity contribution in [1.29, 1.82) is 0 Å². The lowest BCUT2D eigenvalue weighted by molar-refractivity contribution is -0.123. The van der Waals surface area contributed by atoms with Crippen molar-refractivity contribution in [3.05, 3.63) is 22.4 Å². The molecule has 0 fully saturated rings. The van der Waals surface area contributed by atoms with Crippen LogP contribution in [0.25, 0.3) is 0 Å². The fraction of sp³-hybridized carbons (Fsp3) is 0.583. The molecule has 0 saturated carbocycles. The van der Waals surface area contributed by atoms with Gasteiger partial charge in [-0.1, -0.05) is 13.8 Å². The molecular formula is C12H20N2O2S. The molecule has 2 unspecified atom stereocenters. The zero-order valence-corrected chi connectivity index (χ0v) is 11.0. The van der Waals surface area contributed by atoms with Crippen LogP contribution in [-0.2, 0) is 4.79 Å². The Balaban J connectivity index is 2.33. The van der Waals surface area contributed by atoms with Crippen LogP contribution in [0.15, 0.2) is 16.8 Å². The summed E-state index contributed by atoms with van der Waals surface area (Å²) in [6.07, 6.45) is -0.00291. The van der Waals surface area contributed by atoms with E-state index >= 15 is 0 Å². The van der Waals surface area contributed by atoms with E-state index in [1.807, 2.05) is 30.7 Å². The van der Waals surface area contributed by atoms with Gasteiger partial charge in [0, 0.05) is 6.54 Å². The predicted molar refractivity (Wildman–Crippen MR) is 69.7 cm³/mol. The van der Waals surface area contributed by atoms with Crippen LogP contribution in [-0.4, -0.2) is 23.6 Å². The molecule has 4 N–H and O–H groups in total. The topological polar surface area (TPSA) is 75.4 Å². The molecule has 1 rings (SSSR count). The highest BCUT2D eigenvalue weighted by Gasteiger charge is 2.16. The third-order valence-corrected chi connectivity index (χ3v) is 3.16. The van der Waals surface area contributed by atoms with Crippen molar-refractivity contribution in [2.45, 2.75) is 32.4 Å². The Morgan fingerprint density at radius 1 is 1.59 bits per heavy atom. The predicted octanol–water partition coefficient (Wildman–Crippen LogP) is 1.27. The number of amides is 1. The van der Waals surface area contributed by atoms with Crippen molar-refractivity contribution < 1.29 is 9.90 Å². The van der Waals surface area contributed by atoms with Crippen LogP contribution in [0.5, 0.6) is 0 Å². The first kappa shape index (κ1) is 14.2. The Morgan fingerprint density at radius 2 is 2.29 bits per heavy atom. The number of aliphatic hydroxyl groups excluding tert-OH is 1. The number of carbonyl (C=O) groups excluding carboxylic acids is 1. The van der Waals surface area contributed by atoms with Gasteiger partial charge in [-0.25, -0.2) is 0 Å². The van der Waals surface area contributed by atoms with Gasteiger partial charge in [0.25, 0.3) is 0 Å². The molecular weight excluding hydrogens is 236 g/mol. The van der Waals surface area contributed by atoms with Gasteiger partial charge in [-0.2, -0.15) is 11.3 Å². The van der Waals surface area contributed by atoms with Gasteiger partial charge < -0.3 is 16.2 Å². The third-order valence-electron chi connectivity index (χ3n) is 2.46. The van der Waals surface area contributed by atoms with Gasteiger partial charge in [0.05, 0.1) is 12.1 Å².